The number of nitrogens with zero attached hydrogens (tertiary/aromatic N) is 2. The summed E-state index contributed by atoms with van der Waals surface area (Å²) in [5.41, 5.74) is 1.09. The van der Waals surface area contributed by atoms with E-state index in [-0.39, 0.29) is 17.8 Å². The number of sulfonamides is 1. The Balaban J connectivity index is 1.89. The minimum absolute atomic E-state index is 0.0515. The maximum atomic E-state index is 12.7. The van der Waals surface area contributed by atoms with Crippen LogP contribution in [0.2, 0.25) is 0 Å². The van der Waals surface area contributed by atoms with Crippen LogP contribution in [0.25, 0.3) is 11.0 Å². The van der Waals surface area contributed by atoms with Gasteiger partial charge >= 0.3 is 0 Å². The summed E-state index contributed by atoms with van der Waals surface area (Å²) in [6, 6.07) is 7.42. The minimum Gasteiger partial charge on any atom is -0.356 e. The average Bonchev–Trinajstić information content (AvgIpc) is 2.84. The van der Waals surface area contributed by atoms with Gasteiger partial charge in [-0.25, -0.2) is 8.42 Å². The van der Waals surface area contributed by atoms with Crippen molar-refractivity contribution in [3.63, 3.8) is 0 Å². The van der Waals surface area contributed by atoms with Gasteiger partial charge in [-0.1, -0.05) is 17.3 Å². The Morgan fingerprint density at radius 3 is 2.95 bits per heavy atom. The normalized spacial score (nSPS) is 24.5. The monoisotopic (exact) mass is 309 g/mol. The van der Waals surface area contributed by atoms with Crippen LogP contribution in [0.1, 0.15) is 19.5 Å². The van der Waals surface area contributed by atoms with E-state index in [0.29, 0.717) is 24.4 Å². The van der Waals surface area contributed by atoms with Crippen LogP contribution in [0.4, 0.5) is 0 Å². The Kier molecular flexibility index (Phi) is 3.73. The summed E-state index contributed by atoms with van der Waals surface area (Å²) in [6.45, 7) is 5.05. The fraction of sp³-hybridized carbons (Fsp3) is 0.500. The van der Waals surface area contributed by atoms with E-state index in [2.05, 4.69) is 10.5 Å². The summed E-state index contributed by atoms with van der Waals surface area (Å²) < 4.78 is 32.1. The Hall–Kier alpha value is -1.44. The van der Waals surface area contributed by atoms with E-state index < -0.39 is 10.0 Å². The maximum absolute atomic E-state index is 12.7. The molecule has 114 valence electrons. The molecule has 0 amide bonds. The molecule has 3 rings (SSSR count). The van der Waals surface area contributed by atoms with Gasteiger partial charge in [0.15, 0.2) is 5.58 Å². The van der Waals surface area contributed by atoms with E-state index in [0.717, 1.165) is 5.39 Å². The highest BCUT2D eigenvalue weighted by atomic mass is 32.2. The first-order chi connectivity index (χ1) is 9.97. The lowest BCUT2D eigenvalue weighted by molar-refractivity contribution is 0.244. The molecule has 1 fully saturated rings. The molecule has 1 aromatic heterocycles. The number of nitrogens with one attached hydrogen (secondary N) is 1. The summed E-state index contributed by atoms with van der Waals surface area (Å²) in [5.74, 6) is -0.124. The van der Waals surface area contributed by atoms with Crippen LogP contribution in [-0.4, -0.2) is 43.1 Å². The van der Waals surface area contributed by atoms with Gasteiger partial charge in [-0.05, 0) is 26.0 Å². The quantitative estimate of drug-likeness (QED) is 0.926. The van der Waals surface area contributed by atoms with Gasteiger partial charge in [0, 0.05) is 30.6 Å². The van der Waals surface area contributed by atoms with Crippen molar-refractivity contribution in [2.24, 2.45) is 0 Å². The summed E-state index contributed by atoms with van der Waals surface area (Å²) >= 11 is 0. The first kappa shape index (κ1) is 14.5. The van der Waals surface area contributed by atoms with Crippen LogP contribution in [-0.2, 0) is 15.8 Å². The van der Waals surface area contributed by atoms with E-state index in [1.54, 1.807) is 10.4 Å². The van der Waals surface area contributed by atoms with Crippen LogP contribution in [0.3, 0.4) is 0 Å². The summed E-state index contributed by atoms with van der Waals surface area (Å²) in [6.07, 6.45) is 0. The van der Waals surface area contributed by atoms with Crippen LogP contribution in [0, 0.1) is 0 Å². The highest BCUT2D eigenvalue weighted by molar-refractivity contribution is 7.88. The molecule has 7 heteroatoms. The molecule has 6 nitrogen and oxygen atoms in total. The number of hydrogen-bond donors (Lipinski definition) is 1. The number of para-hydroxylation sites is 1. The number of hydrogen-bond acceptors (Lipinski definition) is 5. The second-order valence-corrected chi connectivity index (χ2v) is 7.53. The number of piperazine rings is 1. The molecule has 0 saturated carbocycles. The number of benzene rings is 1. The van der Waals surface area contributed by atoms with Crippen LogP contribution < -0.4 is 5.32 Å². The van der Waals surface area contributed by atoms with Crippen molar-refractivity contribution in [3.8, 4) is 0 Å². The highest BCUT2D eigenvalue weighted by Crippen LogP contribution is 2.22. The minimum atomic E-state index is -3.41. The smallest absolute Gasteiger partial charge is 0.220 e. The highest BCUT2D eigenvalue weighted by Gasteiger charge is 2.33. The molecule has 1 N–H and O–H groups in total. The molecule has 2 aromatic rings. The second-order valence-electron chi connectivity index (χ2n) is 5.61. The van der Waals surface area contributed by atoms with Crippen molar-refractivity contribution in [2.45, 2.75) is 31.7 Å². The molecule has 21 heavy (non-hydrogen) atoms. The van der Waals surface area contributed by atoms with E-state index in [1.165, 1.54) is 0 Å². The summed E-state index contributed by atoms with van der Waals surface area (Å²) in [4.78, 5) is 0. The van der Waals surface area contributed by atoms with Gasteiger partial charge < -0.3 is 9.84 Å². The third-order valence-corrected chi connectivity index (χ3v) is 5.70. The van der Waals surface area contributed by atoms with Gasteiger partial charge in [0.25, 0.3) is 0 Å². The largest absolute Gasteiger partial charge is 0.356 e. The predicted octanol–water partition coefficient (Wildman–Crippen LogP) is 1.34. The molecule has 2 atom stereocenters. The standard InChI is InChI=1S/C14H19N3O3S/c1-10-8-17(11(2)7-15-10)21(18,19)9-13-12-5-3-4-6-14(12)20-16-13/h3-6,10-11,15H,7-9H2,1-2H3. The lowest BCUT2D eigenvalue weighted by atomic mass is 10.2. The molecule has 0 bridgehead atoms. The molecule has 1 aromatic carbocycles. The Morgan fingerprint density at radius 1 is 1.38 bits per heavy atom. The molecule has 2 heterocycles. The fourth-order valence-electron chi connectivity index (χ4n) is 2.67. The molecular formula is C14H19N3O3S. The Bertz CT molecular complexity index is 741. The zero-order chi connectivity index (χ0) is 15.0. The topological polar surface area (TPSA) is 75.4 Å². The lowest BCUT2D eigenvalue weighted by Gasteiger charge is -2.36. The number of fused-ring (bicyclic) bond motifs is 1. The second kappa shape index (κ2) is 5.40. The molecule has 1 aliphatic heterocycles. The van der Waals surface area contributed by atoms with Crippen LogP contribution >= 0.6 is 0 Å². The van der Waals surface area contributed by atoms with Crippen molar-refractivity contribution in [1.82, 2.24) is 14.8 Å². The number of rotatable bonds is 3. The van der Waals surface area contributed by atoms with E-state index >= 15 is 0 Å². The Morgan fingerprint density at radius 2 is 2.14 bits per heavy atom. The van der Waals surface area contributed by atoms with Gasteiger partial charge in [0.05, 0.1) is 0 Å². The molecule has 1 saturated heterocycles. The van der Waals surface area contributed by atoms with Gasteiger partial charge in [0.2, 0.25) is 10.0 Å². The molecule has 0 spiro atoms. The molecule has 0 radical (unpaired) electrons. The molecule has 1 aliphatic rings. The molecule has 2 unspecified atom stereocenters. The Labute approximate surface area is 124 Å². The van der Waals surface area contributed by atoms with Gasteiger partial charge in [0.1, 0.15) is 11.4 Å². The van der Waals surface area contributed by atoms with Crippen molar-refractivity contribution >= 4 is 21.0 Å². The van der Waals surface area contributed by atoms with E-state index in [1.807, 2.05) is 32.0 Å². The van der Waals surface area contributed by atoms with Crippen molar-refractivity contribution < 1.29 is 12.9 Å². The van der Waals surface area contributed by atoms with Crippen molar-refractivity contribution in [2.75, 3.05) is 13.1 Å². The fourth-order valence-corrected chi connectivity index (χ4v) is 4.47. The van der Waals surface area contributed by atoms with Crippen LogP contribution in [0.5, 0.6) is 0 Å². The third kappa shape index (κ3) is 2.81. The third-order valence-electron chi connectivity index (χ3n) is 3.84. The summed E-state index contributed by atoms with van der Waals surface area (Å²) in [5, 5.41) is 7.97. The predicted molar refractivity (Wildman–Crippen MR) is 80.3 cm³/mol. The van der Waals surface area contributed by atoms with E-state index in [9.17, 15) is 8.42 Å². The van der Waals surface area contributed by atoms with Gasteiger partial charge in [-0.15, -0.1) is 0 Å². The van der Waals surface area contributed by atoms with Crippen LogP contribution in [0.15, 0.2) is 28.8 Å². The summed E-state index contributed by atoms with van der Waals surface area (Å²) in [7, 11) is -3.41. The molecular weight excluding hydrogens is 290 g/mol. The molecule has 0 aliphatic carbocycles. The SMILES string of the molecule is CC1CN(S(=O)(=O)Cc2noc3ccccc23)C(C)CN1. The van der Waals surface area contributed by atoms with Gasteiger partial charge in [-0.3, -0.25) is 0 Å². The van der Waals surface area contributed by atoms with Gasteiger partial charge in [-0.2, -0.15) is 4.31 Å². The van der Waals surface area contributed by atoms with Crippen molar-refractivity contribution in [3.05, 3.63) is 30.0 Å². The average molecular weight is 309 g/mol. The maximum Gasteiger partial charge on any atom is 0.220 e. The zero-order valence-corrected chi connectivity index (χ0v) is 12.9. The lowest BCUT2D eigenvalue weighted by Crippen LogP contribution is -2.56. The first-order valence-electron chi connectivity index (χ1n) is 7.03. The van der Waals surface area contributed by atoms with E-state index in [4.69, 9.17) is 4.52 Å². The first-order valence-corrected chi connectivity index (χ1v) is 8.64. The number of aromatic nitrogens is 1. The zero-order valence-electron chi connectivity index (χ0n) is 12.1. The van der Waals surface area contributed by atoms with Crippen molar-refractivity contribution in [1.29, 1.82) is 0 Å².